The first-order valence-electron chi connectivity index (χ1n) is 6.41. The second-order valence-corrected chi connectivity index (χ2v) is 4.99. The molecule has 0 bridgehead atoms. The van der Waals surface area contributed by atoms with E-state index in [0.29, 0.717) is 5.56 Å². The third kappa shape index (κ3) is 2.17. The van der Waals surface area contributed by atoms with Crippen LogP contribution < -0.4 is 0 Å². The lowest BCUT2D eigenvalue weighted by Gasteiger charge is -2.24. The Morgan fingerprint density at radius 2 is 1.70 bits per heavy atom. The minimum Gasteiger partial charge on any atom is -0.381 e. The van der Waals surface area contributed by atoms with Gasteiger partial charge in [0.25, 0.3) is 0 Å². The quantitative estimate of drug-likeness (QED) is 0.769. The van der Waals surface area contributed by atoms with Crippen molar-refractivity contribution in [2.75, 3.05) is 0 Å². The second-order valence-electron chi connectivity index (χ2n) is 4.99. The van der Waals surface area contributed by atoms with E-state index < -0.39 is 5.60 Å². The monoisotopic (exact) mass is 267 g/mol. The topological polar surface area (TPSA) is 33.1 Å². The maximum Gasteiger partial charge on any atom is 0.123 e. The molecule has 1 unspecified atom stereocenters. The van der Waals surface area contributed by atoms with E-state index in [2.05, 4.69) is 4.98 Å². The van der Waals surface area contributed by atoms with Gasteiger partial charge in [0.15, 0.2) is 0 Å². The van der Waals surface area contributed by atoms with Gasteiger partial charge in [-0.1, -0.05) is 24.3 Å². The summed E-state index contributed by atoms with van der Waals surface area (Å²) < 4.78 is 13.0. The molecule has 100 valence electrons. The van der Waals surface area contributed by atoms with Crippen molar-refractivity contribution in [1.82, 2.24) is 4.98 Å². The van der Waals surface area contributed by atoms with Crippen LogP contribution in [0.4, 0.5) is 4.39 Å². The number of halogens is 1. The molecule has 1 heterocycles. The molecule has 1 aromatic heterocycles. The normalized spacial score (nSPS) is 14.2. The summed E-state index contributed by atoms with van der Waals surface area (Å²) in [6.07, 6.45) is 1.74. The van der Waals surface area contributed by atoms with E-state index in [0.717, 1.165) is 16.5 Å². The van der Waals surface area contributed by atoms with Crippen LogP contribution in [-0.2, 0) is 5.60 Å². The lowest BCUT2D eigenvalue weighted by Crippen LogP contribution is -2.22. The van der Waals surface area contributed by atoms with E-state index in [9.17, 15) is 9.50 Å². The van der Waals surface area contributed by atoms with Crippen molar-refractivity contribution in [2.45, 2.75) is 12.5 Å². The van der Waals surface area contributed by atoms with Crippen molar-refractivity contribution in [3.8, 4) is 0 Å². The van der Waals surface area contributed by atoms with Crippen LogP contribution in [0.15, 0.2) is 60.8 Å². The van der Waals surface area contributed by atoms with Gasteiger partial charge < -0.3 is 5.11 Å². The highest BCUT2D eigenvalue weighted by Gasteiger charge is 2.25. The molecule has 0 saturated carbocycles. The minimum absolute atomic E-state index is 0.313. The molecule has 20 heavy (non-hydrogen) atoms. The molecule has 3 aromatic rings. The van der Waals surface area contributed by atoms with Crippen LogP contribution in [0.25, 0.3) is 10.9 Å². The molecular formula is C17H14FNO. The fourth-order valence-electron chi connectivity index (χ4n) is 2.32. The Balaban J connectivity index is 2.10. The fraction of sp³-hybridized carbons (Fsp3) is 0.118. The van der Waals surface area contributed by atoms with E-state index in [1.54, 1.807) is 25.3 Å². The van der Waals surface area contributed by atoms with Gasteiger partial charge in [-0.3, -0.25) is 4.98 Å². The number of aliphatic hydroxyl groups is 1. The highest BCUT2D eigenvalue weighted by Crippen LogP contribution is 2.30. The molecule has 1 N–H and O–H groups in total. The second kappa shape index (κ2) is 4.69. The molecule has 0 aliphatic rings. The standard InChI is InChI=1S/C17H14FNO/c1-17(20,13-4-7-15(18)8-5-13)14-6-9-16-12(11-14)3-2-10-19-16/h2-11,20H,1H3. The maximum absolute atomic E-state index is 13.0. The van der Waals surface area contributed by atoms with Crippen molar-refractivity contribution >= 4 is 10.9 Å². The molecule has 0 spiro atoms. The third-order valence-corrected chi connectivity index (χ3v) is 3.57. The predicted molar refractivity (Wildman–Crippen MR) is 76.8 cm³/mol. The summed E-state index contributed by atoms with van der Waals surface area (Å²) in [6, 6.07) is 15.3. The average Bonchev–Trinajstić information content (AvgIpc) is 2.47. The number of fused-ring (bicyclic) bond motifs is 1. The number of nitrogens with zero attached hydrogens (tertiary/aromatic N) is 1. The number of rotatable bonds is 2. The van der Waals surface area contributed by atoms with Gasteiger partial charge in [0, 0.05) is 11.6 Å². The zero-order valence-electron chi connectivity index (χ0n) is 11.0. The number of aromatic nitrogens is 1. The summed E-state index contributed by atoms with van der Waals surface area (Å²) in [5, 5.41) is 11.7. The molecular weight excluding hydrogens is 253 g/mol. The van der Waals surface area contributed by atoms with Crippen LogP contribution in [0.1, 0.15) is 18.1 Å². The van der Waals surface area contributed by atoms with E-state index in [1.165, 1.54) is 12.1 Å². The summed E-state index contributed by atoms with van der Waals surface area (Å²) in [6.45, 7) is 1.71. The Bertz CT molecular complexity index is 750. The van der Waals surface area contributed by atoms with Gasteiger partial charge >= 0.3 is 0 Å². The molecule has 0 radical (unpaired) electrons. The minimum atomic E-state index is -1.17. The number of pyridine rings is 1. The molecule has 3 heteroatoms. The molecule has 2 aromatic carbocycles. The molecule has 3 rings (SSSR count). The summed E-state index contributed by atoms with van der Waals surface area (Å²) in [7, 11) is 0. The molecule has 0 fully saturated rings. The third-order valence-electron chi connectivity index (χ3n) is 3.57. The van der Waals surface area contributed by atoms with Gasteiger partial charge in [0.2, 0.25) is 0 Å². The largest absolute Gasteiger partial charge is 0.381 e. The van der Waals surface area contributed by atoms with Gasteiger partial charge in [-0.25, -0.2) is 4.39 Å². The Labute approximate surface area is 116 Å². The Hall–Kier alpha value is -2.26. The summed E-state index contributed by atoms with van der Waals surface area (Å²) in [5.74, 6) is -0.313. The summed E-state index contributed by atoms with van der Waals surface area (Å²) >= 11 is 0. The van der Waals surface area contributed by atoms with E-state index in [1.807, 2.05) is 30.3 Å². The van der Waals surface area contributed by atoms with Crippen molar-refractivity contribution in [3.63, 3.8) is 0 Å². The van der Waals surface area contributed by atoms with Crippen LogP contribution >= 0.6 is 0 Å². The summed E-state index contributed by atoms with van der Waals surface area (Å²) in [5.41, 5.74) is 1.12. The lowest BCUT2D eigenvalue weighted by molar-refractivity contribution is 0.102. The first-order chi connectivity index (χ1) is 9.57. The molecule has 2 nitrogen and oxygen atoms in total. The molecule has 0 saturated heterocycles. The first kappa shape index (κ1) is 12.8. The van der Waals surface area contributed by atoms with Gasteiger partial charge in [-0.15, -0.1) is 0 Å². The van der Waals surface area contributed by atoms with Gasteiger partial charge in [0.1, 0.15) is 11.4 Å². The lowest BCUT2D eigenvalue weighted by atomic mass is 9.87. The molecule has 0 aliphatic heterocycles. The van der Waals surface area contributed by atoms with Crippen molar-refractivity contribution in [3.05, 3.63) is 77.7 Å². The van der Waals surface area contributed by atoms with E-state index >= 15 is 0 Å². The predicted octanol–water partition coefficient (Wildman–Crippen LogP) is 3.63. The zero-order valence-corrected chi connectivity index (χ0v) is 11.0. The fourth-order valence-corrected chi connectivity index (χ4v) is 2.32. The van der Waals surface area contributed by atoms with E-state index in [-0.39, 0.29) is 5.82 Å². The highest BCUT2D eigenvalue weighted by molar-refractivity contribution is 5.79. The maximum atomic E-state index is 13.0. The Kier molecular flexibility index (Phi) is 2.99. The van der Waals surface area contributed by atoms with Crippen LogP contribution in [0.2, 0.25) is 0 Å². The van der Waals surface area contributed by atoms with Crippen LogP contribution in [0, 0.1) is 5.82 Å². The Morgan fingerprint density at radius 1 is 1.00 bits per heavy atom. The van der Waals surface area contributed by atoms with Crippen molar-refractivity contribution in [2.24, 2.45) is 0 Å². The zero-order chi connectivity index (χ0) is 14.2. The average molecular weight is 267 g/mol. The van der Waals surface area contributed by atoms with E-state index in [4.69, 9.17) is 0 Å². The highest BCUT2D eigenvalue weighted by atomic mass is 19.1. The molecule has 0 aliphatic carbocycles. The van der Waals surface area contributed by atoms with Crippen molar-refractivity contribution in [1.29, 1.82) is 0 Å². The van der Waals surface area contributed by atoms with Crippen LogP contribution in [-0.4, -0.2) is 10.1 Å². The summed E-state index contributed by atoms with van der Waals surface area (Å²) in [4.78, 5) is 4.26. The number of hydrogen-bond donors (Lipinski definition) is 1. The van der Waals surface area contributed by atoms with Crippen LogP contribution in [0.3, 0.4) is 0 Å². The van der Waals surface area contributed by atoms with Gasteiger partial charge in [0.05, 0.1) is 5.52 Å². The Morgan fingerprint density at radius 3 is 2.45 bits per heavy atom. The van der Waals surface area contributed by atoms with Gasteiger partial charge in [-0.05, 0) is 48.4 Å². The number of hydrogen-bond acceptors (Lipinski definition) is 2. The smallest absolute Gasteiger partial charge is 0.123 e. The first-order valence-corrected chi connectivity index (χ1v) is 6.41. The molecule has 1 atom stereocenters. The number of benzene rings is 2. The molecule has 0 amide bonds. The SMILES string of the molecule is CC(O)(c1ccc(F)cc1)c1ccc2ncccc2c1. The van der Waals surface area contributed by atoms with Crippen LogP contribution in [0.5, 0.6) is 0 Å². The van der Waals surface area contributed by atoms with Crippen molar-refractivity contribution < 1.29 is 9.50 Å². The van der Waals surface area contributed by atoms with Gasteiger partial charge in [-0.2, -0.15) is 0 Å².